The van der Waals surface area contributed by atoms with Crippen molar-refractivity contribution in [1.82, 2.24) is 0 Å². The highest BCUT2D eigenvalue weighted by Crippen LogP contribution is 2.23. The fourth-order valence-electron chi connectivity index (χ4n) is 2.28. The molecule has 5 nitrogen and oxygen atoms in total. The van der Waals surface area contributed by atoms with E-state index in [9.17, 15) is 9.59 Å². The van der Waals surface area contributed by atoms with Gasteiger partial charge < -0.3 is 15.4 Å². The molecule has 0 atom stereocenters. The first-order chi connectivity index (χ1) is 12.6. The first kappa shape index (κ1) is 18.4. The zero-order valence-corrected chi connectivity index (χ0v) is 16.8. The van der Waals surface area contributed by atoms with E-state index in [1.165, 1.54) is 11.3 Å². The number of nitrogens with one attached hydrogen (secondary N) is 2. The summed E-state index contributed by atoms with van der Waals surface area (Å²) in [6.45, 7) is 0. The highest BCUT2D eigenvalue weighted by atomic mass is 127. The van der Waals surface area contributed by atoms with E-state index in [0.29, 0.717) is 27.6 Å². The van der Waals surface area contributed by atoms with Crippen LogP contribution in [0.5, 0.6) is 5.75 Å². The monoisotopic (exact) mass is 478 g/mol. The van der Waals surface area contributed by atoms with Crippen LogP contribution in [0, 0.1) is 3.57 Å². The highest BCUT2D eigenvalue weighted by molar-refractivity contribution is 14.1. The van der Waals surface area contributed by atoms with Gasteiger partial charge in [0.25, 0.3) is 11.8 Å². The third kappa shape index (κ3) is 4.41. The molecule has 0 aliphatic rings. The largest absolute Gasteiger partial charge is 0.497 e. The molecule has 2 N–H and O–H groups in total. The van der Waals surface area contributed by atoms with Crippen LogP contribution in [-0.2, 0) is 0 Å². The second kappa shape index (κ2) is 8.33. The van der Waals surface area contributed by atoms with Gasteiger partial charge in [0, 0.05) is 9.26 Å². The minimum Gasteiger partial charge on any atom is -0.497 e. The lowest BCUT2D eigenvalue weighted by Gasteiger charge is -2.12. The van der Waals surface area contributed by atoms with E-state index in [1.807, 2.05) is 17.5 Å². The Bertz CT molecular complexity index is 924. The number of amides is 2. The van der Waals surface area contributed by atoms with Crippen LogP contribution < -0.4 is 15.4 Å². The Labute approximate surface area is 168 Å². The zero-order valence-electron chi connectivity index (χ0n) is 13.8. The second-order valence-electron chi connectivity index (χ2n) is 5.30. The lowest BCUT2D eigenvalue weighted by Crippen LogP contribution is -2.18. The lowest BCUT2D eigenvalue weighted by atomic mass is 10.1. The molecule has 2 aromatic carbocycles. The summed E-state index contributed by atoms with van der Waals surface area (Å²) in [6.07, 6.45) is 0. The molecule has 0 aliphatic heterocycles. The number of carbonyl (C=O) groups is 2. The Morgan fingerprint density at radius 1 is 1.00 bits per heavy atom. The number of carbonyl (C=O) groups excluding carboxylic acids is 2. The quantitative estimate of drug-likeness (QED) is 0.515. The summed E-state index contributed by atoms with van der Waals surface area (Å²) in [7, 11) is 1.59. The molecule has 0 unspecified atom stereocenters. The maximum absolute atomic E-state index is 12.7. The van der Waals surface area contributed by atoms with Crippen molar-refractivity contribution in [2.75, 3.05) is 17.7 Å². The summed E-state index contributed by atoms with van der Waals surface area (Å²) >= 11 is 3.48. The van der Waals surface area contributed by atoms with Crippen molar-refractivity contribution in [2.45, 2.75) is 0 Å². The van der Waals surface area contributed by atoms with Gasteiger partial charge in [0.2, 0.25) is 0 Å². The van der Waals surface area contributed by atoms with E-state index in [-0.39, 0.29) is 11.8 Å². The lowest BCUT2D eigenvalue weighted by molar-refractivity contribution is 0.102. The molecule has 26 heavy (non-hydrogen) atoms. The van der Waals surface area contributed by atoms with Crippen LogP contribution in [-0.4, -0.2) is 18.9 Å². The highest BCUT2D eigenvalue weighted by Gasteiger charge is 2.16. The molecule has 3 rings (SSSR count). The number of halogens is 1. The number of rotatable bonds is 5. The topological polar surface area (TPSA) is 67.4 Å². The van der Waals surface area contributed by atoms with Crippen molar-refractivity contribution < 1.29 is 14.3 Å². The standard InChI is InChI=1S/C19H15IN2O3S/c1-25-14-7-5-13(6-8-14)21-18(23)15-11-12(20)4-9-16(15)22-19(24)17-3-2-10-26-17/h2-11H,1H3,(H,21,23)(H,22,24). The van der Waals surface area contributed by atoms with Gasteiger partial charge in [-0.25, -0.2) is 0 Å². The molecule has 0 spiro atoms. The predicted octanol–water partition coefficient (Wildman–Crippen LogP) is 4.87. The maximum atomic E-state index is 12.7. The van der Waals surface area contributed by atoms with Crippen molar-refractivity contribution in [1.29, 1.82) is 0 Å². The van der Waals surface area contributed by atoms with Crippen molar-refractivity contribution in [3.8, 4) is 5.75 Å². The van der Waals surface area contributed by atoms with Crippen molar-refractivity contribution >= 4 is 57.1 Å². The predicted molar refractivity (Wildman–Crippen MR) is 112 cm³/mol. The first-order valence-corrected chi connectivity index (χ1v) is 9.62. The van der Waals surface area contributed by atoms with Gasteiger partial charge in [-0.15, -0.1) is 11.3 Å². The second-order valence-corrected chi connectivity index (χ2v) is 7.50. The molecule has 0 radical (unpaired) electrons. The van der Waals surface area contributed by atoms with Gasteiger partial charge in [-0.05, 0) is 76.5 Å². The number of anilines is 2. The molecule has 0 bridgehead atoms. The number of ether oxygens (including phenoxy) is 1. The average molecular weight is 478 g/mol. The van der Waals surface area contributed by atoms with E-state index < -0.39 is 0 Å². The van der Waals surface area contributed by atoms with Crippen LogP contribution >= 0.6 is 33.9 Å². The third-order valence-corrected chi connectivity index (χ3v) is 5.11. The van der Waals surface area contributed by atoms with Crippen molar-refractivity contribution in [3.05, 3.63) is 74.0 Å². The van der Waals surface area contributed by atoms with Gasteiger partial charge in [-0.1, -0.05) is 6.07 Å². The minimum atomic E-state index is -0.296. The summed E-state index contributed by atoms with van der Waals surface area (Å²) in [5.74, 6) is 0.177. The SMILES string of the molecule is COc1ccc(NC(=O)c2cc(I)ccc2NC(=O)c2cccs2)cc1. The van der Waals surface area contributed by atoms with E-state index in [2.05, 4.69) is 33.2 Å². The van der Waals surface area contributed by atoms with Crippen molar-refractivity contribution in [2.24, 2.45) is 0 Å². The zero-order chi connectivity index (χ0) is 18.5. The Hall–Kier alpha value is -2.39. The number of methoxy groups -OCH3 is 1. The molecular formula is C19H15IN2O3S. The van der Waals surface area contributed by atoms with Gasteiger partial charge in [0.15, 0.2) is 0 Å². The summed E-state index contributed by atoms with van der Waals surface area (Å²) in [6, 6.07) is 15.9. The van der Waals surface area contributed by atoms with Gasteiger partial charge in [-0.2, -0.15) is 0 Å². The molecule has 132 valence electrons. The van der Waals surface area contributed by atoms with E-state index in [4.69, 9.17) is 4.74 Å². The van der Waals surface area contributed by atoms with Gasteiger partial charge in [0.05, 0.1) is 23.2 Å². The molecule has 1 aromatic heterocycles. The maximum Gasteiger partial charge on any atom is 0.265 e. The van der Waals surface area contributed by atoms with Crippen molar-refractivity contribution in [3.63, 3.8) is 0 Å². The Balaban J connectivity index is 1.82. The van der Waals surface area contributed by atoms with Gasteiger partial charge in [-0.3, -0.25) is 9.59 Å². The fraction of sp³-hybridized carbons (Fsp3) is 0.0526. The summed E-state index contributed by atoms with van der Waals surface area (Å²) in [5, 5.41) is 7.48. The first-order valence-electron chi connectivity index (χ1n) is 7.66. The van der Waals surface area contributed by atoms with Crippen LogP contribution in [0.15, 0.2) is 60.0 Å². The van der Waals surface area contributed by atoms with Gasteiger partial charge in [0.1, 0.15) is 5.75 Å². The molecule has 0 fully saturated rings. The van der Waals surface area contributed by atoms with E-state index >= 15 is 0 Å². The summed E-state index contributed by atoms with van der Waals surface area (Å²) < 4.78 is 6.01. The molecule has 1 heterocycles. The molecule has 3 aromatic rings. The number of thiophene rings is 1. The summed E-state index contributed by atoms with van der Waals surface area (Å²) in [5.41, 5.74) is 1.51. The van der Waals surface area contributed by atoms with Crippen LogP contribution in [0.3, 0.4) is 0 Å². The average Bonchev–Trinajstić information content (AvgIpc) is 3.18. The number of hydrogen-bond acceptors (Lipinski definition) is 4. The Morgan fingerprint density at radius 2 is 1.77 bits per heavy atom. The molecular weight excluding hydrogens is 463 g/mol. The Kier molecular flexibility index (Phi) is 5.89. The van der Waals surface area contributed by atoms with Gasteiger partial charge >= 0.3 is 0 Å². The van der Waals surface area contributed by atoms with Crippen LogP contribution in [0.4, 0.5) is 11.4 Å². The number of hydrogen-bond donors (Lipinski definition) is 2. The molecule has 2 amide bonds. The molecule has 0 saturated carbocycles. The smallest absolute Gasteiger partial charge is 0.265 e. The summed E-state index contributed by atoms with van der Waals surface area (Å²) in [4.78, 5) is 25.6. The van der Waals surface area contributed by atoms with E-state index in [1.54, 1.807) is 49.6 Å². The molecule has 7 heteroatoms. The van der Waals surface area contributed by atoms with Crippen LogP contribution in [0.25, 0.3) is 0 Å². The van der Waals surface area contributed by atoms with Crippen LogP contribution in [0.2, 0.25) is 0 Å². The van der Waals surface area contributed by atoms with Crippen LogP contribution in [0.1, 0.15) is 20.0 Å². The fourth-order valence-corrected chi connectivity index (χ4v) is 3.39. The minimum absolute atomic E-state index is 0.236. The molecule has 0 aliphatic carbocycles. The van der Waals surface area contributed by atoms with E-state index in [0.717, 1.165) is 3.57 Å². The normalized spacial score (nSPS) is 10.2. The third-order valence-electron chi connectivity index (χ3n) is 3.57. The number of benzene rings is 2. The molecule has 0 saturated heterocycles. The Morgan fingerprint density at radius 3 is 2.42 bits per heavy atom.